The third-order valence-electron chi connectivity index (χ3n) is 2.97. The van der Waals surface area contributed by atoms with Gasteiger partial charge in [0.2, 0.25) is 0 Å². The molecule has 112 valence electrons. The second kappa shape index (κ2) is 5.08. The number of benzene rings is 1. The highest BCUT2D eigenvalue weighted by Gasteiger charge is 2.43. The van der Waals surface area contributed by atoms with Crippen molar-refractivity contribution < 1.29 is 36.5 Å². The van der Waals surface area contributed by atoms with Crippen molar-refractivity contribution in [3.05, 3.63) is 23.8 Å². The fraction of sp³-hybridized carbons (Fsp3) is 0.500. The van der Waals surface area contributed by atoms with Crippen LogP contribution in [0, 0.1) is 0 Å². The molecule has 0 fully saturated rings. The van der Waals surface area contributed by atoms with Crippen LogP contribution in [0.4, 0.5) is 22.0 Å². The van der Waals surface area contributed by atoms with Crippen LogP contribution in [0.5, 0.6) is 11.5 Å². The fourth-order valence-electron chi connectivity index (χ4n) is 2.03. The maximum Gasteiger partial charge on any atom is 0.573 e. The van der Waals surface area contributed by atoms with Crippen molar-refractivity contribution in [3.63, 3.8) is 0 Å². The molecule has 3 nitrogen and oxygen atoms in total. The summed E-state index contributed by atoms with van der Waals surface area (Å²) in [5, 5.41) is 9.83. The molecule has 1 aromatic rings. The molecule has 0 radical (unpaired) electrons. The molecule has 0 bridgehead atoms. The van der Waals surface area contributed by atoms with Crippen LogP contribution in [0.1, 0.15) is 18.1 Å². The molecule has 1 unspecified atom stereocenters. The van der Waals surface area contributed by atoms with E-state index >= 15 is 0 Å². The molecule has 0 saturated heterocycles. The Balaban J connectivity index is 2.44. The molecule has 0 spiro atoms. The SMILES string of the molecule is OC1CC(CF)(CF)Oc2c(OC(F)(F)F)cccc21. The average Bonchev–Trinajstić information content (AvgIpc) is 2.38. The minimum Gasteiger partial charge on any atom is -0.477 e. The van der Waals surface area contributed by atoms with Gasteiger partial charge in [-0.05, 0) is 6.07 Å². The van der Waals surface area contributed by atoms with E-state index in [-0.39, 0.29) is 12.0 Å². The molecule has 0 amide bonds. The molecule has 20 heavy (non-hydrogen) atoms. The molecular weight excluding hydrogens is 287 g/mol. The summed E-state index contributed by atoms with van der Waals surface area (Å²) in [6.07, 6.45) is -6.70. The van der Waals surface area contributed by atoms with Crippen molar-refractivity contribution in [3.8, 4) is 11.5 Å². The summed E-state index contributed by atoms with van der Waals surface area (Å²) < 4.78 is 71.5. The van der Waals surface area contributed by atoms with Crippen LogP contribution in [0.25, 0.3) is 0 Å². The van der Waals surface area contributed by atoms with E-state index in [2.05, 4.69) is 4.74 Å². The van der Waals surface area contributed by atoms with Crippen LogP contribution in [-0.2, 0) is 0 Å². The van der Waals surface area contributed by atoms with Gasteiger partial charge in [-0.15, -0.1) is 13.2 Å². The van der Waals surface area contributed by atoms with Gasteiger partial charge in [0.1, 0.15) is 13.3 Å². The van der Waals surface area contributed by atoms with Gasteiger partial charge in [0, 0.05) is 12.0 Å². The summed E-state index contributed by atoms with van der Waals surface area (Å²) in [5.74, 6) is -1.22. The molecule has 1 N–H and O–H groups in total. The Kier molecular flexibility index (Phi) is 3.77. The zero-order valence-electron chi connectivity index (χ0n) is 10.1. The molecule has 1 aliphatic heterocycles. The highest BCUT2D eigenvalue weighted by molar-refractivity contribution is 5.49. The Hall–Kier alpha value is -1.57. The second-order valence-electron chi connectivity index (χ2n) is 4.49. The molecule has 0 saturated carbocycles. The van der Waals surface area contributed by atoms with Gasteiger partial charge in [-0.25, -0.2) is 8.78 Å². The van der Waals surface area contributed by atoms with E-state index in [1.165, 1.54) is 12.1 Å². The molecule has 1 aliphatic rings. The Morgan fingerprint density at radius 2 is 1.95 bits per heavy atom. The third-order valence-corrected chi connectivity index (χ3v) is 2.97. The van der Waals surface area contributed by atoms with Crippen molar-refractivity contribution in [1.82, 2.24) is 0 Å². The Bertz CT molecular complexity index is 484. The first-order valence-electron chi connectivity index (χ1n) is 5.68. The van der Waals surface area contributed by atoms with Gasteiger partial charge in [0.15, 0.2) is 17.1 Å². The van der Waals surface area contributed by atoms with E-state index in [1.54, 1.807) is 0 Å². The number of aliphatic hydroxyl groups excluding tert-OH is 1. The summed E-state index contributed by atoms with van der Waals surface area (Å²) in [6.45, 7) is -2.55. The Morgan fingerprint density at radius 3 is 2.50 bits per heavy atom. The van der Waals surface area contributed by atoms with E-state index in [0.29, 0.717) is 0 Å². The molecule has 1 atom stereocenters. The highest BCUT2D eigenvalue weighted by Crippen LogP contribution is 2.46. The Morgan fingerprint density at radius 1 is 1.30 bits per heavy atom. The molecule has 1 heterocycles. The standard InChI is InChI=1S/C12H11F5O3/c13-5-11(6-14)4-8(18)7-2-1-3-9(10(7)20-11)19-12(15,16)17/h1-3,8,18H,4-6H2. The van der Waals surface area contributed by atoms with Gasteiger partial charge in [-0.3, -0.25) is 0 Å². The topological polar surface area (TPSA) is 38.7 Å². The Labute approximate surface area is 110 Å². The first-order chi connectivity index (χ1) is 9.30. The average molecular weight is 298 g/mol. The first kappa shape index (κ1) is 14.8. The number of alkyl halides is 5. The van der Waals surface area contributed by atoms with E-state index < -0.39 is 42.9 Å². The molecule has 2 rings (SSSR count). The van der Waals surface area contributed by atoms with Crippen LogP contribution in [-0.4, -0.2) is 30.4 Å². The van der Waals surface area contributed by atoms with Gasteiger partial charge in [-0.2, -0.15) is 0 Å². The predicted octanol–water partition coefficient (Wildman–Crippen LogP) is 3.08. The van der Waals surface area contributed by atoms with Gasteiger partial charge in [0.05, 0.1) is 6.10 Å². The van der Waals surface area contributed by atoms with Gasteiger partial charge in [-0.1, -0.05) is 12.1 Å². The van der Waals surface area contributed by atoms with Crippen LogP contribution in [0.15, 0.2) is 18.2 Å². The monoisotopic (exact) mass is 298 g/mol. The molecular formula is C12H11F5O3. The fourth-order valence-corrected chi connectivity index (χ4v) is 2.03. The lowest BCUT2D eigenvalue weighted by molar-refractivity contribution is -0.275. The number of para-hydroxylation sites is 1. The summed E-state index contributed by atoms with van der Waals surface area (Å²) in [7, 11) is 0. The zero-order valence-corrected chi connectivity index (χ0v) is 10.1. The number of hydrogen-bond donors (Lipinski definition) is 1. The van der Waals surface area contributed by atoms with Crippen LogP contribution in [0.3, 0.4) is 0 Å². The molecule has 0 aliphatic carbocycles. The quantitative estimate of drug-likeness (QED) is 0.872. The summed E-state index contributed by atoms with van der Waals surface area (Å²) in [5.41, 5.74) is -1.98. The van der Waals surface area contributed by atoms with E-state index in [0.717, 1.165) is 6.07 Å². The van der Waals surface area contributed by atoms with Gasteiger partial charge < -0.3 is 14.6 Å². The van der Waals surface area contributed by atoms with Crippen molar-refractivity contribution in [2.24, 2.45) is 0 Å². The van der Waals surface area contributed by atoms with E-state index in [9.17, 15) is 27.1 Å². The molecule has 1 aromatic carbocycles. The minimum atomic E-state index is -4.98. The van der Waals surface area contributed by atoms with Crippen LogP contribution >= 0.6 is 0 Å². The zero-order chi connectivity index (χ0) is 15.0. The lowest BCUT2D eigenvalue weighted by atomic mass is 9.90. The maximum atomic E-state index is 12.9. The minimum absolute atomic E-state index is 0.00396. The van der Waals surface area contributed by atoms with Crippen molar-refractivity contribution in [2.75, 3.05) is 13.3 Å². The predicted molar refractivity (Wildman–Crippen MR) is 58.0 cm³/mol. The summed E-state index contributed by atoms with van der Waals surface area (Å²) in [4.78, 5) is 0. The first-order valence-corrected chi connectivity index (χ1v) is 5.68. The smallest absolute Gasteiger partial charge is 0.477 e. The van der Waals surface area contributed by atoms with Crippen LogP contribution < -0.4 is 9.47 Å². The van der Waals surface area contributed by atoms with Crippen LogP contribution in [0.2, 0.25) is 0 Å². The number of halogens is 5. The molecule has 8 heteroatoms. The van der Waals surface area contributed by atoms with Crippen molar-refractivity contribution in [1.29, 1.82) is 0 Å². The largest absolute Gasteiger partial charge is 0.573 e. The van der Waals surface area contributed by atoms with Gasteiger partial charge >= 0.3 is 6.36 Å². The maximum absolute atomic E-state index is 12.9. The second-order valence-corrected chi connectivity index (χ2v) is 4.49. The lowest BCUT2D eigenvalue weighted by Crippen LogP contribution is -2.45. The number of hydrogen-bond acceptors (Lipinski definition) is 3. The number of ether oxygens (including phenoxy) is 2. The van der Waals surface area contributed by atoms with Crippen molar-refractivity contribution >= 4 is 0 Å². The third kappa shape index (κ3) is 2.79. The summed E-state index contributed by atoms with van der Waals surface area (Å²) >= 11 is 0. The number of rotatable bonds is 3. The van der Waals surface area contributed by atoms with E-state index in [4.69, 9.17) is 4.74 Å². The lowest BCUT2D eigenvalue weighted by Gasteiger charge is -2.37. The highest BCUT2D eigenvalue weighted by atomic mass is 19.4. The molecule has 0 aromatic heterocycles. The number of aliphatic hydroxyl groups is 1. The van der Waals surface area contributed by atoms with E-state index in [1.807, 2.05) is 0 Å². The summed E-state index contributed by atoms with van der Waals surface area (Å²) in [6, 6.07) is 3.49. The number of fused-ring (bicyclic) bond motifs is 1. The normalized spacial score (nSPS) is 21.0. The van der Waals surface area contributed by atoms with Crippen molar-refractivity contribution in [2.45, 2.75) is 24.5 Å². The van der Waals surface area contributed by atoms with Gasteiger partial charge in [0.25, 0.3) is 0 Å².